The number of amides is 1. The number of carbonyl (C=O) groups excluding carboxylic acids is 1. The zero-order valence-electron chi connectivity index (χ0n) is 18.2. The Bertz CT molecular complexity index is 1120. The van der Waals surface area contributed by atoms with Crippen molar-refractivity contribution in [2.24, 2.45) is 0 Å². The lowest BCUT2D eigenvalue weighted by Crippen LogP contribution is -2.31. The molecule has 2 N–H and O–H groups in total. The summed E-state index contributed by atoms with van der Waals surface area (Å²) < 4.78 is 1.85. The molecule has 3 heterocycles. The number of benzene rings is 1. The van der Waals surface area contributed by atoms with Crippen LogP contribution in [0.1, 0.15) is 48.7 Å². The number of rotatable bonds is 7. The average molecular weight is 454 g/mol. The average Bonchev–Trinajstić information content (AvgIpc) is 3.40. The van der Waals surface area contributed by atoms with Gasteiger partial charge in [-0.25, -0.2) is 4.68 Å². The van der Waals surface area contributed by atoms with Crippen LogP contribution in [0.4, 0.5) is 11.6 Å². The van der Waals surface area contributed by atoms with E-state index < -0.39 is 0 Å². The van der Waals surface area contributed by atoms with Crippen molar-refractivity contribution >= 4 is 40.6 Å². The maximum absolute atomic E-state index is 13.5. The molecule has 0 saturated carbocycles. The van der Waals surface area contributed by atoms with E-state index in [1.165, 1.54) is 0 Å². The number of hydrogen-bond donors (Lipinski definition) is 2. The van der Waals surface area contributed by atoms with Crippen molar-refractivity contribution in [1.82, 2.24) is 14.8 Å². The second kappa shape index (κ2) is 9.28. The molecular formula is C23H27N5OS2. The van der Waals surface area contributed by atoms with E-state index >= 15 is 0 Å². The van der Waals surface area contributed by atoms with E-state index in [9.17, 15) is 4.79 Å². The predicted molar refractivity (Wildman–Crippen MR) is 129 cm³/mol. The van der Waals surface area contributed by atoms with Gasteiger partial charge in [-0.05, 0) is 55.8 Å². The van der Waals surface area contributed by atoms with Gasteiger partial charge in [-0.2, -0.15) is 4.98 Å². The Labute approximate surface area is 191 Å². The van der Waals surface area contributed by atoms with Crippen molar-refractivity contribution in [3.8, 4) is 0 Å². The Hall–Kier alpha value is -2.58. The van der Waals surface area contributed by atoms with Crippen LogP contribution in [0.15, 0.2) is 52.1 Å². The summed E-state index contributed by atoms with van der Waals surface area (Å²) in [6.07, 6.45) is 2.26. The molecule has 31 heavy (non-hydrogen) atoms. The number of thioether (sulfide) groups is 1. The normalized spacial score (nSPS) is 15.5. The number of aromatic nitrogens is 3. The van der Waals surface area contributed by atoms with Crippen molar-refractivity contribution in [3.63, 3.8) is 0 Å². The number of nitrogens with one attached hydrogen (secondary N) is 2. The van der Waals surface area contributed by atoms with Crippen molar-refractivity contribution < 1.29 is 4.79 Å². The standard InChI is InChI=1S/C23H27N5OS2/c1-5-6-12-31-23-26-22-24-16(4)19(20(28(22)27-23)18-11-8-13-30-18)21(29)25-17-10-7-9-14(2)15(17)3/h7-11,13,20H,5-6,12H2,1-4H3,(H,25,29)(H,24,26,27). The molecule has 2 aromatic heterocycles. The summed E-state index contributed by atoms with van der Waals surface area (Å²) in [5, 5.41) is 14.0. The summed E-state index contributed by atoms with van der Waals surface area (Å²) in [6.45, 7) is 8.18. The molecule has 0 aliphatic carbocycles. The predicted octanol–water partition coefficient (Wildman–Crippen LogP) is 5.78. The lowest BCUT2D eigenvalue weighted by atomic mass is 10.00. The molecule has 0 radical (unpaired) electrons. The van der Waals surface area contributed by atoms with Crippen LogP contribution < -0.4 is 10.6 Å². The Morgan fingerprint density at radius 1 is 1.26 bits per heavy atom. The van der Waals surface area contributed by atoms with Crippen molar-refractivity contribution in [2.45, 2.75) is 51.7 Å². The first-order valence-electron chi connectivity index (χ1n) is 10.5. The molecule has 3 aromatic rings. The molecule has 162 valence electrons. The topological polar surface area (TPSA) is 71.8 Å². The van der Waals surface area contributed by atoms with Gasteiger partial charge in [-0.3, -0.25) is 4.79 Å². The third-order valence-electron chi connectivity index (χ3n) is 5.47. The summed E-state index contributed by atoms with van der Waals surface area (Å²) in [5.41, 5.74) is 4.50. The van der Waals surface area contributed by atoms with Gasteiger partial charge in [-0.15, -0.1) is 16.4 Å². The summed E-state index contributed by atoms with van der Waals surface area (Å²) in [4.78, 5) is 19.2. The van der Waals surface area contributed by atoms with Gasteiger partial charge in [-0.1, -0.05) is 43.3 Å². The number of aryl methyl sites for hydroxylation is 1. The van der Waals surface area contributed by atoms with Gasteiger partial charge in [0.2, 0.25) is 11.1 Å². The van der Waals surface area contributed by atoms with Crippen LogP contribution in [0, 0.1) is 13.8 Å². The maximum Gasteiger partial charge on any atom is 0.255 e. The maximum atomic E-state index is 13.5. The minimum atomic E-state index is -0.311. The number of thiophene rings is 1. The summed E-state index contributed by atoms with van der Waals surface area (Å²) in [7, 11) is 0. The zero-order valence-corrected chi connectivity index (χ0v) is 19.9. The van der Waals surface area contributed by atoms with E-state index in [2.05, 4.69) is 28.6 Å². The molecule has 8 heteroatoms. The van der Waals surface area contributed by atoms with Gasteiger partial charge >= 0.3 is 0 Å². The van der Waals surface area contributed by atoms with E-state index in [0.29, 0.717) is 11.5 Å². The second-order valence-electron chi connectivity index (χ2n) is 7.65. The molecule has 1 aromatic carbocycles. The minimum Gasteiger partial charge on any atom is -0.328 e. The fourth-order valence-electron chi connectivity index (χ4n) is 3.58. The first-order chi connectivity index (χ1) is 15.0. The van der Waals surface area contributed by atoms with E-state index in [1.807, 2.05) is 55.1 Å². The third-order valence-corrected chi connectivity index (χ3v) is 7.32. The molecule has 0 spiro atoms. The van der Waals surface area contributed by atoms with Crippen molar-refractivity contribution in [2.75, 3.05) is 16.4 Å². The Morgan fingerprint density at radius 3 is 2.84 bits per heavy atom. The van der Waals surface area contributed by atoms with E-state index in [-0.39, 0.29) is 11.9 Å². The van der Waals surface area contributed by atoms with E-state index in [0.717, 1.165) is 51.1 Å². The number of unbranched alkanes of at least 4 members (excludes halogenated alkanes) is 1. The second-order valence-corrected chi connectivity index (χ2v) is 9.69. The molecule has 1 aliphatic rings. The number of fused-ring (bicyclic) bond motifs is 1. The molecule has 0 bridgehead atoms. The smallest absolute Gasteiger partial charge is 0.255 e. The lowest BCUT2D eigenvalue weighted by Gasteiger charge is -2.28. The molecule has 1 unspecified atom stereocenters. The molecule has 4 rings (SSSR count). The molecule has 1 aliphatic heterocycles. The molecule has 6 nitrogen and oxygen atoms in total. The van der Waals surface area contributed by atoms with Gasteiger partial charge in [0.25, 0.3) is 5.91 Å². The number of anilines is 2. The Morgan fingerprint density at radius 2 is 2.10 bits per heavy atom. The number of carbonyl (C=O) groups is 1. The Kier molecular flexibility index (Phi) is 6.48. The highest BCUT2D eigenvalue weighted by Gasteiger charge is 2.35. The van der Waals surface area contributed by atoms with Crippen LogP contribution in [0.5, 0.6) is 0 Å². The van der Waals surface area contributed by atoms with Crippen molar-refractivity contribution in [1.29, 1.82) is 0 Å². The van der Waals surface area contributed by atoms with Crippen LogP contribution in [0.3, 0.4) is 0 Å². The molecule has 1 amide bonds. The van der Waals surface area contributed by atoms with Gasteiger partial charge in [0.05, 0.1) is 5.57 Å². The number of hydrogen-bond acceptors (Lipinski definition) is 6. The monoisotopic (exact) mass is 453 g/mol. The zero-order chi connectivity index (χ0) is 22.0. The van der Waals surface area contributed by atoms with Crippen LogP contribution in [0.25, 0.3) is 0 Å². The summed E-state index contributed by atoms with van der Waals surface area (Å²) in [5.74, 6) is 1.53. The highest BCUT2D eigenvalue weighted by molar-refractivity contribution is 7.99. The minimum absolute atomic E-state index is 0.126. The largest absolute Gasteiger partial charge is 0.328 e. The van der Waals surface area contributed by atoms with Gasteiger partial charge in [0.15, 0.2) is 0 Å². The third kappa shape index (κ3) is 4.41. The quantitative estimate of drug-likeness (QED) is 0.351. The Balaban J connectivity index is 1.69. The SMILES string of the molecule is CCCCSc1nc2n(n1)C(c1cccs1)C(C(=O)Nc1cccc(C)c1C)=C(C)N2. The molecule has 0 saturated heterocycles. The lowest BCUT2D eigenvalue weighted by molar-refractivity contribution is -0.113. The van der Waals surface area contributed by atoms with E-state index in [1.54, 1.807) is 23.1 Å². The molecule has 1 atom stereocenters. The first-order valence-corrected chi connectivity index (χ1v) is 12.3. The summed E-state index contributed by atoms with van der Waals surface area (Å²) in [6, 6.07) is 9.69. The fourth-order valence-corrected chi connectivity index (χ4v) is 5.31. The molecule has 0 fully saturated rings. The van der Waals surface area contributed by atoms with Crippen LogP contribution >= 0.6 is 23.1 Å². The highest BCUT2D eigenvalue weighted by Crippen LogP contribution is 2.38. The number of allylic oxidation sites excluding steroid dienone is 1. The van der Waals surface area contributed by atoms with Gasteiger partial charge in [0, 0.05) is 22.0 Å². The molecular weight excluding hydrogens is 426 g/mol. The van der Waals surface area contributed by atoms with Crippen LogP contribution in [0.2, 0.25) is 0 Å². The van der Waals surface area contributed by atoms with Gasteiger partial charge < -0.3 is 10.6 Å². The number of nitrogens with zero attached hydrogens (tertiary/aromatic N) is 3. The summed E-state index contributed by atoms with van der Waals surface area (Å²) >= 11 is 3.28. The van der Waals surface area contributed by atoms with Crippen LogP contribution in [-0.4, -0.2) is 26.4 Å². The van der Waals surface area contributed by atoms with E-state index in [4.69, 9.17) is 5.10 Å². The highest BCUT2D eigenvalue weighted by atomic mass is 32.2. The van der Waals surface area contributed by atoms with Crippen molar-refractivity contribution in [3.05, 3.63) is 63.0 Å². The van der Waals surface area contributed by atoms with Crippen LogP contribution in [-0.2, 0) is 4.79 Å². The van der Waals surface area contributed by atoms with Gasteiger partial charge in [0.1, 0.15) is 6.04 Å². The first kappa shape index (κ1) is 21.6. The fraction of sp³-hybridized carbons (Fsp3) is 0.348.